The summed E-state index contributed by atoms with van der Waals surface area (Å²) in [5.41, 5.74) is 0.265. The highest BCUT2D eigenvalue weighted by molar-refractivity contribution is 9.10. The molecule has 0 amide bonds. The topological polar surface area (TPSA) is 97.4 Å². The fourth-order valence-corrected chi connectivity index (χ4v) is 3.94. The average molecular weight is 485 g/mol. The van der Waals surface area contributed by atoms with Crippen molar-refractivity contribution in [1.29, 1.82) is 0 Å². The maximum Gasteiger partial charge on any atom is 0.355 e. The van der Waals surface area contributed by atoms with Crippen LogP contribution in [0.1, 0.15) is 35.2 Å². The Morgan fingerprint density at radius 1 is 0.968 bits per heavy atom. The van der Waals surface area contributed by atoms with Gasteiger partial charge in [0.15, 0.2) is 0 Å². The molecule has 3 aromatic rings. The van der Waals surface area contributed by atoms with Crippen molar-refractivity contribution in [3.05, 3.63) is 85.1 Å². The summed E-state index contributed by atoms with van der Waals surface area (Å²) in [6, 6.07) is 13.4. The van der Waals surface area contributed by atoms with E-state index >= 15 is 0 Å². The molecule has 1 aliphatic heterocycles. The standard InChI is InChI=1S/C22H21BrN4O4/c23-17-8-4-15(5-9-17)14-26-21(30)24-20(25-12-2-1-3-13-25)27(22(26)31)18-10-6-16(7-11-18)19(28)29/h4-11H,1-3,12-14H2,(H,28,29). The third-order valence-corrected chi connectivity index (χ3v) is 5.84. The lowest BCUT2D eigenvalue weighted by Gasteiger charge is -2.29. The highest BCUT2D eigenvalue weighted by Crippen LogP contribution is 2.19. The number of benzene rings is 2. The van der Waals surface area contributed by atoms with Gasteiger partial charge in [-0.1, -0.05) is 28.1 Å². The van der Waals surface area contributed by atoms with Gasteiger partial charge in [-0.05, 0) is 61.2 Å². The maximum atomic E-state index is 13.5. The van der Waals surface area contributed by atoms with Gasteiger partial charge < -0.3 is 10.0 Å². The van der Waals surface area contributed by atoms with Crippen LogP contribution in [0.3, 0.4) is 0 Å². The van der Waals surface area contributed by atoms with Gasteiger partial charge in [0.05, 0.1) is 17.8 Å². The van der Waals surface area contributed by atoms with Gasteiger partial charge in [-0.2, -0.15) is 4.98 Å². The molecule has 1 fully saturated rings. The second-order valence-corrected chi connectivity index (χ2v) is 8.34. The van der Waals surface area contributed by atoms with Crippen molar-refractivity contribution in [3.63, 3.8) is 0 Å². The molecular formula is C22H21BrN4O4. The molecule has 0 radical (unpaired) electrons. The van der Waals surface area contributed by atoms with E-state index in [1.165, 1.54) is 16.7 Å². The van der Waals surface area contributed by atoms with Crippen LogP contribution in [-0.2, 0) is 6.54 Å². The van der Waals surface area contributed by atoms with Crippen LogP contribution in [0.2, 0.25) is 0 Å². The fraction of sp³-hybridized carbons (Fsp3) is 0.273. The SMILES string of the molecule is O=C(O)c1ccc(-n2c(N3CCCCC3)nc(=O)n(Cc3ccc(Br)cc3)c2=O)cc1. The molecule has 160 valence electrons. The highest BCUT2D eigenvalue weighted by Gasteiger charge is 2.21. The minimum atomic E-state index is -1.05. The number of carboxylic acids is 1. The van der Waals surface area contributed by atoms with Crippen molar-refractivity contribution in [1.82, 2.24) is 14.1 Å². The summed E-state index contributed by atoms with van der Waals surface area (Å²) in [5, 5.41) is 9.19. The van der Waals surface area contributed by atoms with Crippen LogP contribution in [0.5, 0.6) is 0 Å². The molecule has 1 saturated heterocycles. The van der Waals surface area contributed by atoms with Crippen LogP contribution in [0, 0.1) is 0 Å². The van der Waals surface area contributed by atoms with Gasteiger partial charge in [-0.3, -0.25) is 0 Å². The first kappa shape index (κ1) is 21.0. The van der Waals surface area contributed by atoms with Crippen molar-refractivity contribution in [3.8, 4) is 5.69 Å². The number of halogens is 1. The number of hydrogen-bond acceptors (Lipinski definition) is 5. The van der Waals surface area contributed by atoms with Crippen molar-refractivity contribution in [2.24, 2.45) is 0 Å². The third kappa shape index (κ3) is 4.46. The predicted octanol–water partition coefficient (Wildman–Crippen LogP) is 2.89. The zero-order chi connectivity index (χ0) is 22.0. The van der Waals surface area contributed by atoms with E-state index in [4.69, 9.17) is 0 Å². The minimum Gasteiger partial charge on any atom is -0.478 e. The Morgan fingerprint density at radius 2 is 1.61 bits per heavy atom. The lowest BCUT2D eigenvalue weighted by Crippen LogP contribution is -2.45. The molecule has 0 bridgehead atoms. The zero-order valence-corrected chi connectivity index (χ0v) is 18.3. The summed E-state index contributed by atoms with van der Waals surface area (Å²) < 4.78 is 3.40. The molecule has 1 N–H and O–H groups in total. The molecule has 0 saturated carbocycles. The number of carboxylic acid groups (broad SMARTS) is 1. The number of hydrogen-bond donors (Lipinski definition) is 1. The largest absolute Gasteiger partial charge is 0.478 e. The van der Waals surface area contributed by atoms with Crippen LogP contribution in [-0.4, -0.2) is 38.3 Å². The monoisotopic (exact) mass is 484 g/mol. The Kier molecular flexibility index (Phi) is 6.03. The summed E-state index contributed by atoms with van der Waals surface area (Å²) in [6.07, 6.45) is 3.00. The van der Waals surface area contributed by atoms with Gasteiger partial charge in [0, 0.05) is 17.6 Å². The summed E-state index contributed by atoms with van der Waals surface area (Å²) in [4.78, 5) is 43.7. The van der Waals surface area contributed by atoms with Gasteiger partial charge >= 0.3 is 17.3 Å². The van der Waals surface area contributed by atoms with E-state index in [0.717, 1.165) is 33.9 Å². The van der Waals surface area contributed by atoms with E-state index in [2.05, 4.69) is 20.9 Å². The Labute approximate surface area is 186 Å². The highest BCUT2D eigenvalue weighted by atomic mass is 79.9. The predicted molar refractivity (Wildman–Crippen MR) is 120 cm³/mol. The van der Waals surface area contributed by atoms with Crippen LogP contribution >= 0.6 is 15.9 Å². The van der Waals surface area contributed by atoms with E-state index in [1.807, 2.05) is 29.2 Å². The third-order valence-electron chi connectivity index (χ3n) is 5.31. The number of aromatic nitrogens is 3. The molecule has 0 atom stereocenters. The van der Waals surface area contributed by atoms with Crippen molar-refractivity contribution < 1.29 is 9.90 Å². The maximum absolute atomic E-state index is 13.5. The van der Waals surface area contributed by atoms with Crippen LogP contribution in [0.25, 0.3) is 5.69 Å². The van der Waals surface area contributed by atoms with E-state index in [-0.39, 0.29) is 12.1 Å². The lowest BCUT2D eigenvalue weighted by atomic mass is 10.1. The van der Waals surface area contributed by atoms with E-state index in [9.17, 15) is 19.5 Å². The van der Waals surface area contributed by atoms with Crippen molar-refractivity contribution in [2.75, 3.05) is 18.0 Å². The number of aromatic carboxylic acids is 1. The Hall–Kier alpha value is -3.20. The molecule has 8 nitrogen and oxygen atoms in total. The second-order valence-electron chi connectivity index (χ2n) is 7.42. The van der Waals surface area contributed by atoms with E-state index in [1.54, 1.807) is 12.1 Å². The molecule has 2 heterocycles. The van der Waals surface area contributed by atoms with Crippen LogP contribution in [0.15, 0.2) is 62.6 Å². The summed E-state index contributed by atoms with van der Waals surface area (Å²) in [6.45, 7) is 1.50. The first-order valence-electron chi connectivity index (χ1n) is 10.0. The molecule has 1 aromatic heterocycles. The van der Waals surface area contributed by atoms with Gasteiger partial charge in [0.2, 0.25) is 5.95 Å². The summed E-state index contributed by atoms with van der Waals surface area (Å²) in [5.74, 6) is -0.752. The van der Waals surface area contributed by atoms with Gasteiger partial charge in [0.25, 0.3) is 0 Å². The average Bonchev–Trinajstić information content (AvgIpc) is 2.78. The fourth-order valence-electron chi connectivity index (χ4n) is 3.68. The summed E-state index contributed by atoms with van der Waals surface area (Å²) in [7, 11) is 0. The van der Waals surface area contributed by atoms with Crippen LogP contribution in [0.4, 0.5) is 5.95 Å². The number of rotatable bonds is 5. The number of nitrogens with zero attached hydrogens (tertiary/aromatic N) is 4. The van der Waals surface area contributed by atoms with Crippen molar-refractivity contribution in [2.45, 2.75) is 25.8 Å². The molecular weight excluding hydrogens is 464 g/mol. The number of anilines is 1. The Balaban J connectivity index is 1.85. The minimum absolute atomic E-state index is 0.0887. The molecule has 0 unspecified atom stereocenters. The molecule has 2 aromatic carbocycles. The van der Waals surface area contributed by atoms with Gasteiger partial charge in [0.1, 0.15) is 0 Å². The van der Waals surface area contributed by atoms with Gasteiger partial charge in [-0.15, -0.1) is 0 Å². The molecule has 1 aliphatic rings. The number of carbonyl (C=O) groups is 1. The second kappa shape index (κ2) is 8.89. The van der Waals surface area contributed by atoms with E-state index in [0.29, 0.717) is 24.7 Å². The molecule has 0 aliphatic carbocycles. The first-order chi connectivity index (χ1) is 14.9. The molecule has 0 spiro atoms. The van der Waals surface area contributed by atoms with Gasteiger partial charge in [-0.25, -0.2) is 23.5 Å². The van der Waals surface area contributed by atoms with Crippen LogP contribution < -0.4 is 16.3 Å². The lowest BCUT2D eigenvalue weighted by molar-refractivity contribution is 0.0697. The first-order valence-corrected chi connectivity index (χ1v) is 10.8. The zero-order valence-electron chi connectivity index (χ0n) is 16.7. The van der Waals surface area contributed by atoms with E-state index < -0.39 is 17.3 Å². The van der Waals surface area contributed by atoms with Crippen molar-refractivity contribution >= 4 is 27.8 Å². The molecule has 9 heteroatoms. The quantitative estimate of drug-likeness (QED) is 0.597. The normalized spacial score (nSPS) is 13.9. The summed E-state index contributed by atoms with van der Waals surface area (Å²) >= 11 is 3.38. The Bertz CT molecular complexity index is 1210. The number of piperidine rings is 1. The molecule has 31 heavy (non-hydrogen) atoms. The smallest absolute Gasteiger partial charge is 0.355 e. The molecule has 4 rings (SSSR count). The Morgan fingerprint density at radius 3 is 2.23 bits per heavy atom.